The summed E-state index contributed by atoms with van der Waals surface area (Å²) in [5.74, 6) is 0.686. The molecule has 1 aliphatic carbocycles. The van der Waals surface area contributed by atoms with Crippen LogP contribution < -0.4 is 5.73 Å². The van der Waals surface area contributed by atoms with Gasteiger partial charge in [0, 0.05) is 15.4 Å². The topological polar surface area (TPSA) is 43.1 Å². The fourth-order valence-corrected chi connectivity index (χ4v) is 4.88. The van der Waals surface area contributed by atoms with E-state index in [0.717, 1.165) is 22.2 Å². The minimum absolute atomic E-state index is 0.0765. The molecule has 1 aromatic rings. The summed E-state index contributed by atoms with van der Waals surface area (Å²) in [6.07, 6.45) is 4.35. The molecular weight excluding hydrogens is 310 g/mol. The highest BCUT2D eigenvalue weighted by Crippen LogP contribution is 2.31. The van der Waals surface area contributed by atoms with Crippen LogP contribution in [-0.4, -0.2) is 15.5 Å². The van der Waals surface area contributed by atoms with Gasteiger partial charge in [0.2, 0.25) is 0 Å². The zero-order valence-corrected chi connectivity index (χ0v) is 13.0. The van der Waals surface area contributed by atoms with E-state index in [4.69, 9.17) is 5.73 Å². The molecule has 18 heavy (non-hydrogen) atoms. The predicted octanol–water partition coefficient (Wildman–Crippen LogP) is 3.46. The molecule has 1 fully saturated rings. The van der Waals surface area contributed by atoms with Crippen LogP contribution in [-0.2, 0) is 10.8 Å². The van der Waals surface area contributed by atoms with Gasteiger partial charge < -0.3 is 5.73 Å². The second-order valence-corrected chi connectivity index (χ2v) is 7.63. The average Bonchev–Trinajstić information content (AvgIpc) is 2.38. The standard InChI is InChI=1S/C14H20BrNOS/c1-2-10-6-7-13(16)14(8-10)18(17)12-5-3-4-11(15)9-12/h3-5,9-10,13-14H,2,6-8,16H2,1H3. The first kappa shape index (κ1) is 14.2. The number of hydrogen-bond acceptors (Lipinski definition) is 2. The highest BCUT2D eigenvalue weighted by atomic mass is 79.9. The lowest BCUT2D eigenvalue weighted by atomic mass is 9.84. The number of rotatable bonds is 3. The third-order valence-electron chi connectivity index (χ3n) is 3.83. The second-order valence-electron chi connectivity index (χ2n) is 5.04. The Morgan fingerprint density at radius 1 is 1.44 bits per heavy atom. The molecule has 4 atom stereocenters. The molecule has 4 unspecified atom stereocenters. The van der Waals surface area contributed by atoms with Gasteiger partial charge in [0.25, 0.3) is 0 Å². The van der Waals surface area contributed by atoms with E-state index < -0.39 is 10.8 Å². The summed E-state index contributed by atoms with van der Waals surface area (Å²) in [5.41, 5.74) is 6.17. The predicted molar refractivity (Wildman–Crippen MR) is 79.9 cm³/mol. The monoisotopic (exact) mass is 329 g/mol. The maximum absolute atomic E-state index is 12.6. The molecule has 0 saturated heterocycles. The normalized spacial score (nSPS) is 30.1. The third kappa shape index (κ3) is 3.22. The quantitative estimate of drug-likeness (QED) is 0.922. The summed E-state index contributed by atoms with van der Waals surface area (Å²) in [4.78, 5) is 0.890. The lowest BCUT2D eigenvalue weighted by Crippen LogP contribution is -2.42. The van der Waals surface area contributed by atoms with Crippen LogP contribution in [0.5, 0.6) is 0 Å². The smallest absolute Gasteiger partial charge is 0.0577 e. The zero-order chi connectivity index (χ0) is 13.1. The molecule has 4 heteroatoms. The second kappa shape index (κ2) is 6.31. The summed E-state index contributed by atoms with van der Waals surface area (Å²) in [5, 5.41) is 0.109. The van der Waals surface area contributed by atoms with E-state index in [1.807, 2.05) is 24.3 Å². The van der Waals surface area contributed by atoms with Crippen LogP contribution in [0.25, 0.3) is 0 Å². The first-order valence-electron chi connectivity index (χ1n) is 6.53. The molecule has 2 nitrogen and oxygen atoms in total. The van der Waals surface area contributed by atoms with Gasteiger partial charge in [-0.05, 0) is 43.4 Å². The molecular formula is C14H20BrNOS. The molecule has 2 N–H and O–H groups in total. The summed E-state index contributed by atoms with van der Waals surface area (Å²) >= 11 is 3.43. The summed E-state index contributed by atoms with van der Waals surface area (Å²) < 4.78 is 13.6. The fourth-order valence-electron chi connectivity index (χ4n) is 2.62. The van der Waals surface area contributed by atoms with Crippen molar-refractivity contribution in [2.24, 2.45) is 11.7 Å². The van der Waals surface area contributed by atoms with Crippen LogP contribution in [0.4, 0.5) is 0 Å². The van der Waals surface area contributed by atoms with Crippen molar-refractivity contribution in [3.05, 3.63) is 28.7 Å². The summed E-state index contributed by atoms with van der Waals surface area (Å²) in [6.45, 7) is 2.21. The highest BCUT2D eigenvalue weighted by molar-refractivity contribution is 9.10. The third-order valence-corrected chi connectivity index (χ3v) is 6.14. The molecule has 1 saturated carbocycles. The molecule has 0 spiro atoms. The first-order chi connectivity index (χ1) is 8.61. The molecule has 0 aliphatic heterocycles. The van der Waals surface area contributed by atoms with Crippen LogP contribution in [0.1, 0.15) is 32.6 Å². The van der Waals surface area contributed by atoms with Gasteiger partial charge in [0.05, 0.1) is 16.0 Å². The van der Waals surface area contributed by atoms with Crippen LogP contribution in [0.15, 0.2) is 33.6 Å². The largest absolute Gasteiger partial charge is 0.327 e. The lowest BCUT2D eigenvalue weighted by Gasteiger charge is -2.33. The van der Waals surface area contributed by atoms with Crippen LogP contribution in [0.2, 0.25) is 0 Å². The van der Waals surface area contributed by atoms with E-state index in [0.29, 0.717) is 5.92 Å². The van der Waals surface area contributed by atoms with Gasteiger partial charge in [-0.1, -0.05) is 35.3 Å². The van der Waals surface area contributed by atoms with E-state index in [-0.39, 0.29) is 11.3 Å². The Morgan fingerprint density at radius 3 is 2.89 bits per heavy atom. The van der Waals surface area contributed by atoms with Gasteiger partial charge in [0.1, 0.15) is 0 Å². The first-order valence-corrected chi connectivity index (χ1v) is 8.54. The number of nitrogens with two attached hydrogens (primary N) is 1. The van der Waals surface area contributed by atoms with Crippen LogP contribution >= 0.6 is 15.9 Å². The Balaban J connectivity index is 2.16. The van der Waals surface area contributed by atoms with Crippen molar-refractivity contribution in [3.63, 3.8) is 0 Å². The SMILES string of the molecule is CCC1CCC(N)C(S(=O)c2cccc(Br)c2)C1. The number of halogens is 1. The molecule has 0 amide bonds. The maximum atomic E-state index is 12.6. The van der Waals surface area contributed by atoms with Crippen molar-refractivity contribution in [2.45, 2.75) is 48.8 Å². The summed E-state index contributed by atoms with van der Waals surface area (Å²) in [6, 6.07) is 7.84. The molecule has 2 rings (SSSR count). The Bertz CT molecular complexity index is 438. The van der Waals surface area contributed by atoms with Crippen molar-refractivity contribution in [1.29, 1.82) is 0 Å². The Kier molecular flexibility index (Phi) is 4.98. The number of benzene rings is 1. The van der Waals surface area contributed by atoms with E-state index in [1.165, 1.54) is 12.8 Å². The van der Waals surface area contributed by atoms with Gasteiger partial charge >= 0.3 is 0 Å². The Morgan fingerprint density at radius 2 is 2.22 bits per heavy atom. The average molecular weight is 330 g/mol. The molecule has 0 heterocycles. The van der Waals surface area contributed by atoms with Gasteiger partial charge in [-0.2, -0.15) is 0 Å². The van der Waals surface area contributed by atoms with Crippen LogP contribution in [0.3, 0.4) is 0 Å². The van der Waals surface area contributed by atoms with Gasteiger partial charge in [-0.15, -0.1) is 0 Å². The number of hydrogen-bond donors (Lipinski definition) is 1. The molecule has 1 aromatic carbocycles. The van der Waals surface area contributed by atoms with Crippen molar-refractivity contribution < 1.29 is 4.21 Å². The molecule has 0 radical (unpaired) electrons. The Labute approximate surface area is 120 Å². The van der Waals surface area contributed by atoms with E-state index in [9.17, 15) is 4.21 Å². The zero-order valence-electron chi connectivity index (χ0n) is 10.6. The van der Waals surface area contributed by atoms with Gasteiger partial charge in [-0.25, -0.2) is 0 Å². The van der Waals surface area contributed by atoms with E-state index >= 15 is 0 Å². The molecule has 100 valence electrons. The molecule has 1 aliphatic rings. The van der Waals surface area contributed by atoms with Crippen molar-refractivity contribution >= 4 is 26.7 Å². The van der Waals surface area contributed by atoms with Crippen molar-refractivity contribution in [3.8, 4) is 0 Å². The van der Waals surface area contributed by atoms with Gasteiger partial charge in [0.15, 0.2) is 0 Å². The fraction of sp³-hybridized carbons (Fsp3) is 0.571. The van der Waals surface area contributed by atoms with Gasteiger partial charge in [-0.3, -0.25) is 4.21 Å². The molecule has 0 aromatic heterocycles. The van der Waals surface area contributed by atoms with Crippen LogP contribution in [0, 0.1) is 5.92 Å². The maximum Gasteiger partial charge on any atom is 0.0577 e. The van der Waals surface area contributed by atoms with E-state index in [1.54, 1.807) is 0 Å². The van der Waals surface area contributed by atoms with E-state index in [2.05, 4.69) is 22.9 Å². The van der Waals surface area contributed by atoms with Crippen molar-refractivity contribution in [2.75, 3.05) is 0 Å². The Hall–Kier alpha value is -0.190. The minimum atomic E-state index is -0.988. The summed E-state index contributed by atoms with van der Waals surface area (Å²) in [7, 11) is -0.988. The molecule has 0 bridgehead atoms. The highest BCUT2D eigenvalue weighted by Gasteiger charge is 2.32. The minimum Gasteiger partial charge on any atom is -0.327 e. The lowest BCUT2D eigenvalue weighted by molar-refractivity contribution is 0.324. The van der Waals surface area contributed by atoms with Crippen molar-refractivity contribution in [1.82, 2.24) is 0 Å².